The highest BCUT2D eigenvalue weighted by Gasteiger charge is 2.67. The second kappa shape index (κ2) is 13.0. The molecule has 0 aliphatic carbocycles. The summed E-state index contributed by atoms with van der Waals surface area (Å²) in [6, 6.07) is 17.0. The van der Waals surface area contributed by atoms with E-state index in [0.717, 1.165) is 16.0 Å². The lowest BCUT2D eigenvalue weighted by Gasteiger charge is -2.33. The van der Waals surface area contributed by atoms with Crippen molar-refractivity contribution in [3.63, 3.8) is 0 Å². The first kappa shape index (κ1) is 32.8. The number of amides is 3. The van der Waals surface area contributed by atoms with Gasteiger partial charge in [-0.3, -0.25) is 14.9 Å². The molecule has 2 unspecified atom stereocenters. The quantitative estimate of drug-likeness (QED) is 0.402. The zero-order valence-electron chi connectivity index (χ0n) is 25.6. The van der Waals surface area contributed by atoms with Crippen LogP contribution in [0.2, 0.25) is 0 Å². The molecule has 0 bridgehead atoms. The van der Waals surface area contributed by atoms with Gasteiger partial charge >= 0.3 is 12.2 Å². The number of hydrogen-bond donors (Lipinski definition) is 1. The number of ether oxygens (including phenoxy) is 4. The minimum absolute atomic E-state index is 0.0392. The molecule has 42 heavy (non-hydrogen) atoms. The van der Waals surface area contributed by atoms with E-state index >= 15 is 0 Å². The molecule has 0 saturated carbocycles. The Bertz CT molecular complexity index is 1250. The number of nitrogens with zero attached hydrogens (tertiary/aromatic N) is 1. The average molecular weight is 583 g/mol. The zero-order chi connectivity index (χ0) is 31.3. The van der Waals surface area contributed by atoms with Crippen LogP contribution in [0.4, 0.5) is 9.59 Å². The molecule has 10 heteroatoms. The number of imide groups is 1. The maximum absolute atomic E-state index is 14.4. The molecule has 1 aliphatic rings. The minimum Gasteiger partial charge on any atom is -0.444 e. The zero-order valence-corrected chi connectivity index (χ0v) is 25.6. The van der Waals surface area contributed by atoms with Crippen LogP contribution in [0.5, 0.6) is 0 Å². The Balaban J connectivity index is 2.04. The van der Waals surface area contributed by atoms with Gasteiger partial charge in [-0.2, -0.15) is 0 Å². The Morgan fingerprint density at radius 3 is 1.76 bits per heavy atom. The number of ketones is 1. The third-order valence-electron chi connectivity index (χ3n) is 6.53. The molecule has 10 nitrogen and oxygen atoms in total. The van der Waals surface area contributed by atoms with Crippen LogP contribution >= 0.6 is 0 Å². The van der Waals surface area contributed by atoms with Crippen LogP contribution in [-0.4, -0.2) is 63.8 Å². The standard InChI is InChI=1S/C32H42N2O8/c1-21(39-19-23-15-11-9-12-16-23)25-26(35)32(33-28(37)41-30(3,4)5,22(2)40-20-24-17-13-10-14-18-24)27(36)34(25)29(38)42-31(6,7)8/h9-18,21-22,25H,19-20H2,1-8H3,(H,33,37)/t21-,22-,25?,32?/m1/s1. The molecule has 0 spiro atoms. The van der Waals surface area contributed by atoms with Crippen LogP contribution in [-0.2, 0) is 41.8 Å². The predicted octanol–water partition coefficient (Wildman–Crippen LogP) is 5.18. The number of likely N-dealkylation sites (tertiary alicyclic amines) is 1. The highest BCUT2D eigenvalue weighted by molar-refractivity contribution is 6.24. The number of carbonyl (C=O) groups excluding carboxylic acids is 4. The van der Waals surface area contributed by atoms with Gasteiger partial charge in [0.1, 0.15) is 17.2 Å². The van der Waals surface area contributed by atoms with Crippen molar-refractivity contribution >= 4 is 23.9 Å². The molecule has 3 rings (SSSR count). The molecular weight excluding hydrogens is 540 g/mol. The van der Waals surface area contributed by atoms with Crippen LogP contribution < -0.4 is 5.32 Å². The fraction of sp³-hybridized carbons (Fsp3) is 0.500. The van der Waals surface area contributed by atoms with Gasteiger partial charge in [-0.1, -0.05) is 60.7 Å². The lowest BCUT2D eigenvalue weighted by atomic mass is 9.86. The summed E-state index contributed by atoms with van der Waals surface area (Å²) in [5, 5.41) is 2.50. The van der Waals surface area contributed by atoms with E-state index in [1.807, 2.05) is 60.7 Å². The maximum atomic E-state index is 14.4. The molecular formula is C32H42N2O8. The van der Waals surface area contributed by atoms with Gasteiger partial charge in [-0.15, -0.1) is 0 Å². The van der Waals surface area contributed by atoms with Gasteiger partial charge in [0.25, 0.3) is 5.91 Å². The third kappa shape index (κ3) is 7.95. The fourth-order valence-electron chi connectivity index (χ4n) is 4.57. The van der Waals surface area contributed by atoms with E-state index in [1.165, 1.54) is 6.92 Å². The maximum Gasteiger partial charge on any atom is 0.417 e. The van der Waals surface area contributed by atoms with Gasteiger partial charge < -0.3 is 18.9 Å². The predicted molar refractivity (Wildman–Crippen MR) is 155 cm³/mol. The average Bonchev–Trinajstić information content (AvgIpc) is 3.12. The molecule has 4 atom stereocenters. The van der Waals surface area contributed by atoms with Crippen molar-refractivity contribution in [2.75, 3.05) is 0 Å². The summed E-state index contributed by atoms with van der Waals surface area (Å²) in [4.78, 5) is 56.1. The molecule has 2 aromatic carbocycles. The van der Waals surface area contributed by atoms with Gasteiger partial charge in [-0.05, 0) is 66.5 Å². The lowest BCUT2D eigenvalue weighted by molar-refractivity contribution is -0.142. The van der Waals surface area contributed by atoms with Crippen LogP contribution in [0.3, 0.4) is 0 Å². The molecule has 1 fully saturated rings. The highest BCUT2D eigenvalue weighted by Crippen LogP contribution is 2.35. The molecule has 1 N–H and O–H groups in total. The van der Waals surface area contributed by atoms with Crippen LogP contribution in [0.25, 0.3) is 0 Å². The second-order valence-electron chi connectivity index (χ2n) is 12.3. The number of rotatable bonds is 9. The molecule has 1 aliphatic heterocycles. The van der Waals surface area contributed by atoms with E-state index in [2.05, 4.69) is 5.32 Å². The Morgan fingerprint density at radius 2 is 1.29 bits per heavy atom. The van der Waals surface area contributed by atoms with Gasteiger partial charge in [0.15, 0.2) is 5.78 Å². The van der Waals surface area contributed by atoms with Gasteiger partial charge in [-0.25, -0.2) is 14.5 Å². The Kier molecular flexibility index (Phi) is 10.2. The first-order valence-corrected chi connectivity index (χ1v) is 14.0. The van der Waals surface area contributed by atoms with Crippen LogP contribution in [0.15, 0.2) is 60.7 Å². The number of alkyl carbamates (subject to hydrolysis) is 1. The van der Waals surface area contributed by atoms with Gasteiger partial charge in [0.2, 0.25) is 5.54 Å². The van der Waals surface area contributed by atoms with Crippen molar-refractivity contribution in [1.29, 1.82) is 0 Å². The summed E-state index contributed by atoms with van der Waals surface area (Å²) in [6.07, 6.45) is -4.22. The summed E-state index contributed by atoms with van der Waals surface area (Å²) in [7, 11) is 0. The topological polar surface area (TPSA) is 120 Å². The largest absolute Gasteiger partial charge is 0.444 e. The summed E-state index contributed by atoms with van der Waals surface area (Å²) in [5.74, 6) is -1.77. The molecule has 1 saturated heterocycles. The second-order valence-corrected chi connectivity index (χ2v) is 12.3. The summed E-state index contributed by atoms with van der Waals surface area (Å²) in [6.45, 7) is 13.2. The molecule has 1 heterocycles. The Labute approximate surface area is 247 Å². The van der Waals surface area contributed by atoms with E-state index in [-0.39, 0.29) is 13.2 Å². The molecule has 0 radical (unpaired) electrons. The van der Waals surface area contributed by atoms with Crippen molar-refractivity contribution in [3.8, 4) is 0 Å². The van der Waals surface area contributed by atoms with Crippen molar-refractivity contribution in [2.45, 2.75) is 104 Å². The van der Waals surface area contributed by atoms with Crippen LogP contribution in [0, 0.1) is 0 Å². The molecule has 228 valence electrons. The van der Waals surface area contributed by atoms with Crippen molar-refractivity contribution in [2.24, 2.45) is 0 Å². The SMILES string of the molecule is C[C@@H](OCc1ccccc1)C1C(=O)C(NC(=O)OC(C)(C)C)([C@@H](C)OCc2ccccc2)C(=O)N1C(=O)OC(C)(C)C. The monoisotopic (exact) mass is 582 g/mol. The summed E-state index contributed by atoms with van der Waals surface area (Å²) in [5.41, 5.74) is -2.58. The summed E-state index contributed by atoms with van der Waals surface area (Å²) < 4.78 is 23.0. The van der Waals surface area contributed by atoms with Crippen molar-refractivity contribution in [1.82, 2.24) is 10.2 Å². The normalized spacial score (nSPS) is 20.7. The van der Waals surface area contributed by atoms with E-state index in [0.29, 0.717) is 0 Å². The smallest absolute Gasteiger partial charge is 0.417 e. The van der Waals surface area contributed by atoms with Gasteiger partial charge in [0.05, 0.1) is 25.4 Å². The van der Waals surface area contributed by atoms with Crippen LogP contribution in [0.1, 0.15) is 66.5 Å². The number of carbonyl (C=O) groups is 4. The number of benzene rings is 2. The molecule has 2 aromatic rings. The van der Waals surface area contributed by atoms with E-state index in [1.54, 1.807) is 48.5 Å². The van der Waals surface area contributed by atoms with E-state index in [9.17, 15) is 19.2 Å². The molecule has 0 aromatic heterocycles. The number of hydrogen-bond acceptors (Lipinski definition) is 8. The Morgan fingerprint density at radius 1 is 0.810 bits per heavy atom. The van der Waals surface area contributed by atoms with Crippen molar-refractivity contribution in [3.05, 3.63) is 71.8 Å². The minimum atomic E-state index is -2.30. The first-order valence-electron chi connectivity index (χ1n) is 14.0. The molecule has 3 amide bonds. The third-order valence-corrected chi connectivity index (χ3v) is 6.53. The highest BCUT2D eigenvalue weighted by atomic mass is 16.6. The Hall–Kier alpha value is -3.76. The van der Waals surface area contributed by atoms with Gasteiger partial charge in [0, 0.05) is 0 Å². The van der Waals surface area contributed by atoms with E-state index < -0.39 is 58.9 Å². The first-order chi connectivity index (χ1) is 19.5. The van der Waals surface area contributed by atoms with Crippen molar-refractivity contribution < 1.29 is 38.1 Å². The number of nitrogens with one attached hydrogen (secondary N) is 1. The number of Topliss-reactive ketones (excluding diaryl/α,β-unsaturated/α-hetero) is 1. The summed E-state index contributed by atoms with van der Waals surface area (Å²) >= 11 is 0. The lowest BCUT2D eigenvalue weighted by Crippen LogP contribution is -2.66. The fourth-order valence-corrected chi connectivity index (χ4v) is 4.57. The van der Waals surface area contributed by atoms with E-state index in [4.69, 9.17) is 18.9 Å².